The van der Waals surface area contributed by atoms with Crippen molar-refractivity contribution in [2.24, 2.45) is 17.3 Å². The first-order valence-corrected chi connectivity index (χ1v) is 5.62. The first kappa shape index (κ1) is 12.1. The van der Waals surface area contributed by atoms with Crippen molar-refractivity contribution in [3.8, 4) is 0 Å². The molecule has 0 aromatic heterocycles. The summed E-state index contributed by atoms with van der Waals surface area (Å²) in [6.07, 6.45) is 1.25. The van der Waals surface area contributed by atoms with Crippen molar-refractivity contribution >= 4 is 7.85 Å². The van der Waals surface area contributed by atoms with Crippen LogP contribution in [-0.2, 0) is 4.74 Å². The number of rotatable bonds is 1. The van der Waals surface area contributed by atoms with Crippen molar-refractivity contribution in [3.05, 3.63) is 0 Å². The summed E-state index contributed by atoms with van der Waals surface area (Å²) in [7, 11) is 2.13. The standard InChI is InChI=1S/C11H23BO2/c1-7-5-9(12)14-10(8(7)6-13)11(2,3)4/h7-10,13H,5-6,12H2,1-4H3/t7?,8?,9-,10?/m1/s1. The molecule has 1 aliphatic heterocycles. The van der Waals surface area contributed by atoms with Gasteiger partial charge in [-0.15, -0.1) is 0 Å². The summed E-state index contributed by atoms with van der Waals surface area (Å²) in [5.74, 6) is 0.860. The van der Waals surface area contributed by atoms with Gasteiger partial charge in [0.2, 0.25) is 0 Å². The summed E-state index contributed by atoms with van der Waals surface area (Å²) in [5.41, 5.74) is 0.121. The molecule has 0 aromatic rings. The lowest BCUT2D eigenvalue weighted by Crippen LogP contribution is -2.48. The van der Waals surface area contributed by atoms with Gasteiger partial charge in [-0.2, -0.15) is 0 Å². The second kappa shape index (κ2) is 4.24. The highest BCUT2D eigenvalue weighted by atomic mass is 16.5. The van der Waals surface area contributed by atoms with E-state index in [1.165, 1.54) is 0 Å². The average molecular weight is 198 g/mol. The Bertz CT molecular complexity index is 188. The highest BCUT2D eigenvalue weighted by molar-refractivity contribution is 6.11. The fraction of sp³-hybridized carbons (Fsp3) is 1.00. The predicted molar refractivity (Wildman–Crippen MR) is 61.0 cm³/mol. The van der Waals surface area contributed by atoms with Crippen LogP contribution in [0.4, 0.5) is 0 Å². The molecule has 0 amide bonds. The second-order valence-electron chi connectivity index (χ2n) is 5.79. The number of hydrogen-bond donors (Lipinski definition) is 1. The van der Waals surface area contributed by atoms with E-state index in [0.717, 1.165) is 6.42 Å². The molecule has 1 heterocycles. The summed E-state index contributed by atoms with van der Waals surface area (Å²) in [6, 6.07) is 0.331. The second-order valence-corrected chi connectivity index (χ2v) is 5.79. The molecule has 1 saturated heterocycles. The molecule has 3 heteroatoms. The van der Waals surface area contributed by atoms with E-state index in [1.807, 2.05) is 0 Å². The molecule has 82 valence electrons. The maximum absolute atomic E-state index is 9.40. The molecule has 1 rings (SSSR count). The molecule has 14 heavy (non-hydrogen) atoms. The average Bonchev–Trinajstić information content (AvgIpc) is 2.01. The molecule has 0 spiro atoms. The monoisotopic (exact) mass is 198 g/mol. The minimum absolute atomic E-state index is 0.121. The third kappa shape index (κ3) is 2.51. The van der Waals surface area contributed by atoms with Crippen LogP contribution in [0.1, 0.15) is 34.1 Å². The van der Waals surface area contributed by atoms with Gasteiger partial charge in [-0.25, -0.2) is 0 Å². The Morgan fingerprint density at radius 1 is 1.43 bits per heavy atom. The van der Waals surface area contributed by atoms with Crippen LogP contribution < -0.4 is 0 Å². The molecule has 2 nitrogen and oxygen atoms in total. The smallest absolute Gasteiger partial charge is 0.139 e. The fourth-order valence-electron chi connectivity index (χ4n) is 2.53. The molecule has 0 aromatic carbocycles. The van der Waals surface area contributed by atoms with Crippen LogP contribution in [0.2, 0.25) is 0 Å². The van der Waals surface area contributed by atoms with Gasteiger partial charge >= 0.3 is 0 Å². The minimum Gasteiger partial charge on any atom is -0.396 e. The third-order valence-electron chi connectivity index (χ3n) is 3.27. The molecule has 0 saturated carbocycles. The van der Waals surface area contributed by atoms with Crippen molar-refractivity contribution in [2.45, 2.75) is 46.2 Å². The molecular weight excluding hydrogens is 175 g/mol. The van der Waals surface area contributed by atoms with E-state index in [2.05, 4.69) is 35.5 Å². The molecule has 0 aliphatic carbocycles. The van der Waals surface area contributed by atoms with Gasteiger partial charge in [-0.3, -0.25) is 0 Å². The minimum atomic E-state index is 0.121. The molecule has 4 atom stereocenters. The van der Waals surface area contributed by atoms with E-state index in [1.54, 1.807) is 0 Å². The lowest BCUT2D eigenvalue weighted by atomic mass is 9.70. The number of ether oxygens (including phenoxy) is 1. The van der Waals surface area contributed by atoms with Gasteiger partial charge in [0.25, 0.3) is 0 Å². The topological polar surface area (TPSA) is 29.5 Å². The molecule has 0 radical (unpaired) electrons. The Hall–Kier alpha value is -0.0151. The van der Waals surface area contributed by atoms with Crippen LogP contribution in [0.25, 0.3) is 0 Å². The summed E-state index contributed by atoms with van der Waals surface area (Å²) in [6.45, 7) is 9.02. The predicted octanol–water partition coefficient (Wildman–Crippen LogP) is 1.03. The highest BCUT2D eigenvalue weighted by Gasteiger charge is 2.40. The Balaban J connectivity index is 2.78. The normalized spacial score (nSPS) is 39.8. The SMILES string of the molecule is B[C@H]1CC(C)C(CO)C(C(C)(C)C)O1. The summed E-state index contributed by atoms with van der Waals surface area (Å²) in [4.78, 5) is 0. The zero-order valence-electron chi connectivity index (χ0n) is 10.1. The highest BCUT2D eigenvalue weighted by Crippen LogP contribution is 2.38. The van der Waals surface area contributed by atoms with Gasteiger partial charge in [0.15, 0.2) is 0 Å². The van der Waals surface area contributed by atoms with Crippen molar-refractivity contribution in [1.29, 1.82) is 0 Å². The van der Waals surface area contributed by atoms with Crippen LogP contribution in [0, 0.1) is 17.3 Å². The van der Waals surface area contributed by atoms with Gasteiger partial charge in [0, 0.05) is 18.5 Å². The van der Waals surface area contributed by atoms with Gasteiger partial charge in [-0.1, -0.05) is 27.7 Å². The van der Waals surface area contributed by atoms with E-state index in [4.69, 9.17) is 4.74 Å². The summed E-state index contributed by atoms with van der Waals surface area (Å²) < 4.78 is 5.96. The molecule has 1 fully saturated rings. The first-order valence-electron chi connectivity index (χ1n) is 5.62. The van der Waals surface area contributed by atoms with Gasteiger partial charge in [0.05, 0.1) is 6.10 Å². The first-order chi connectivity index (χ1) is 6.36. The Morgan fingerprint density at radius 3 is 2.43 bits per heavy atom. The van der Waals surface area contributed by atoms with E-state index in [-0.39, 0.29) is 18.1 Å². The summed E-state index contributed by atoms with van der Waals surface area (Å²) >= 11 is 0. The van der Waals surface area contributed by atoms with E-state index < -0.39 is 0 Å². The maximum atomic E-state index is 9.40. The van der Waals surface area contributed by atoms with Crippen LogP contribution in [0.15, 0.2) is 0 Å². The lowest BCUT2D eigenvalue weighted by Gasteiger charge is -2.45. The molecular formula is C11H23BO2. The number of aliphatic hydroxyl groups excluding tert-OH is 1. The zero-order chi connectivity index (χ0) is 10.9. The van der Waals surface area contributed by atoms with Crippen molar-refractivity contribution in [2.75, 3.05) is 6.61 Å². The third-order valence-corrected chi connectivity index (χ3v) is 3.27. The number of hydrogen-bond acceptors (Lipinski definition) is 2. The zero-order valence-corrected chi connectivity index (χ0v) is 10.1. The van der Waals surface area contributed by atoms with Crippen LogP contribution in [0.5, 0.6) is 0 Å². The van der Waals surface area contributed by atoms with Crippen molar-refractivity contribution < 1.29 is 9.84 Å². The number of aliphatic hydroxyl groups is 1. The van der Waals surface area contributed by atoms with E-state index in [0.29, 0.717) is 17.8 Å². The lowest BCUT2D eigenvalue weighted by molar-refractivity contribution is -0.133. The Morgan fingerprint density at radius 2 is 2.00 bits per heavy atom. The van der Waals surface area contributed by atoms with Gasteiger partial charge in [-0.05, 0) is 17.8 Å². The molecule has 0 bridgehead atoms. The molecule has 1 N–H and O–H groups in total. The largest absolute Gasteiger partial charge is 0.396 e. The van der Waals surface area contributed by atoms with Gasteiger partial charge < -0.3 is 9.84 Å². The van der Waals surface area contributed by atoms with Gasteiger partial charge in [0.1, 0.15) is 7.85 Å². The Labute approximate surface area is 88.4 Å². The van der Waals surface area contributed by atoms with Crippen molar-refractivity contribution in [3.63, 3.8) is 0 Å². The molecule has 3 unspecified atom stereocenters. The van der Waals surface area contributed by atoms with Crippen molar-refractivity contribution in [1.82, 2.24) is 0 Å². The van der Waals surface area contributed by atoms with Crippen LogP contribution in [-0.4, -0.2) is 31.7 Å². The van der Waals surface area contributed by atoms with Crippen LogP contribution >= 0.6 is 0 Å². The molecule has 1 aliphatic rings. The van der Waals surface area contributed by atoms with Crippen LogP contribution in [0.3, 0.4) is 0 Å². The quantitative estimate of drug-likeness (QED) is 0.637. The Kier molecular flexibility index (Phi) is 3.65. The van der Waals surface area contributed by atoms with E-state index in [9.17, 15) is 5.11 Å². The summed E-state index contributed by atoms with van der Waals surface area (Å²) in [5, 5.41) is 9.40. The van der Waals surface area contributed by atoms with E-state index >= 15 is 0 Å². The fourth-order valence-corrected chi connectivity index (χ4v) is 2.53. The maximum Gasteiger partial charge on any atom is 0.139 e.